The smallest absolute Gasteiger partial charge is 0.0781 e. The van der Waals surface area contributed by atoms with E-state index in [-0.39, 0.29) is 5.41 Å². The van der Waals surface area contributed by atoms with Crippen molar-refractivity contribution in [2.24, 2.45) is 0 Å². The van der Waals surface area contributed by atoms with Crippen LogP contribution in [0, 0.1) is 0 Å². The highest BCUT2D eigenvalue weighted by atomic mass is 32.2. The summed E-state index contributed by atoms with van der Waals surface area (Å²) in [6.45, 7) is 6.68. The molecule has 0 unspecified atom stereocenters. The summed E-state index contributed by atoms with van der Waals surface area (Å²) in [6.07, 6.45) is 0. The van der Waals surface area contributed by atoms with Crippen molar-refractivity contribution in [3.63, 3.8) is 0 Å². The molecule has 0 aliphatic rings. The van der Waals surface area contributed by atoms with Gasteiger partial charge in [0.1, 0.15) is 0 Å². The predicted octanol–water partition coefficient (Wildman–Crippen LogP) is 5.59. The van der Waals surface area contributed by atoms with Gasteiger partial charge in [0.2, 0.25) is 0 Å². The van der Waals surface area contributed by atoms with Gasteiger partial charge in [-0.25, -0.2) is 0 Å². The summed E-state index contributed by atoms with van der Waals surface area (Å²) in [6, 6.07) is 19.1. The molecule has 0 radical (unpaired) electrons. The fraction of sp³-hybridized carbons (Fsp3) is 0.278. The maximum atomic E-state index is 5.52. The number of rotatable bonds is 3. The summed E-state index contributed by atoms with van der Waals surface area (Å²) in [7, 11) is 0. The van der Waals surface area contributed by atoms with E-state index in [1.165, 1.54) is 11.1 Å². The fourth-order valence-corrected chi connectivity index (χ4v) is 3.02. The first kappa shape index (κ1) is 15.3. The Kier molecular flexibility index (Phi) is 5.00. The van der Waals surface area contributed by atoms with E-state index in [1.807, 2.05) is 6.07 Å². The van der Waals surface area contributed by atoms with Crippen LogP contribution in [-0.2, 0) is 11.2 Å². The Hall–Kier alpha value is -1.12. The van der Waals surface area contributed by atoms with Crippen LogP contribution in [0.15, 0.2) is 54.6 Å². The Morgan fingerprint density at radius 2 is 1.55 bits per heavy atom. The molecule has 0 fully saturated rings. The number of benzene rings is 2. The third-order valence-electron chi connectivity index (χ3n) is 3.20. The van der Waals surface area contributed by atoms with Crippen molar-refractivity contribution in [1.82, 2.24) is 0 Å². The zero-order chi connectivity index (χ0) is 14.6. The largest absolute Gasteiger partial charge is 0.109 e. The van der Waals surface area contributed by atoms with Gasteiger partial charge in [0, 0.05) is 5.75 Å². The van der Waals surface area contributed by atoms with Crippen LogP contribution in [0.4, 0.5) is 0 Å². The number of hydrogen-bond acceptors (Lipinski definition) is 2. The van der Waals surface area contributed by atoms with E-state index in [9.17, 15) is 0 Å². The molecule has 0 aliphatic heterocycles. The van der Waals surface area contributed by atoms with Crippen LogP contribution in [0.3, 0.4) is 0 Å². The molecule has 0 aromatic heterocycles. The molecule has 0 nitrogen and oxygen atoms in total. The van der Waals surface area contributed by atoms with Crippen molar-refractivity contribution in [1.29, 1.82) is 0 Å². The first-order valence-electron chi connectivity index (χ1n) is 6.78. The first-order chi connectivity index (χ1) is 9.47. The number of thiocarbonyl (C=S) groups is 1. The van der Waals surface area contributed by atoms with Gasteiger partial charge in [0.05, 0.1) is 4.20 Å². The summed E-state index contributed by atoms with van der Waals surface area (Å²) in [4.78, 5) is 0. The molecule has 0 spiro atoms. The molecule has 0 amide bonds. The zero-order valence-electron chi connectivity index (χ0n) is 12.2. The van der Waals surface area contributed by atoms with E-state index in [2.05, 4.69) is 69.3 Å². The molecule has 2 rings (SSSR count). The van der Waals surface area contributed by atoms with Crippen molar-refractivity contribution in [3.05, 3.63) is 71.3 Å². The Morgan fingerprint density at radius 1 is 0.950 bits per heavy atom. The standard InChI is InChI=1S/C18H20S2/c1-18(2,3)16-11-9-15(10-12-16)17(19)20-13-14-7-5-4-6-8-14/h4-12H,13H2,1-3H3. The van der Waals surface area contributed by atoms with E-state index in [4.69, 9.17) is 12.2 Å². The van der Waals surface area contributed by atoms with Crippen molar-refractivity contribution in [3.8, 4) is 0 Å². The molecule has 2 aromatic carbocycles. The van der Waals surface area contributed by atoms with E-state index in [1.54, 1.807) is 11.8 Å². The quantitative estimate of drug-likeness (QED) is 0.677. The minimum atomic E-state index is 0.192. The lowest BCUT2D eigenvalue weighted by Gasteiger charge is -2.19. The minimum Gasteiger partial charge on any atom is -0.109 e. The molecule has 0 atom stereocenters. The molecule has 0 saturated carbocycles. The molecule has 0 aliphatic carbocycles. The van der Waals surface area contributed by atoms with Crippen molar-refractivity contribution < 1.29 is 0 Å². The Balaban J connectivity index is 1.99. The second-order valence-electron chi connectivity index (χ2n) is 5.89. The van der Waals surface area contributed by atoms with Gasteiger partial charge in [-0.2, -0.15) is 0 Å². The normalized spacial score (nSPS) is 11.3. The van der Waals surface area contributed by atoms with Crippen molar-refractivity contribution in [2.45, 2.75) is 31.9 Å². The van der Waals surface area contributed by atoms with Gasteiger partial charge in [-0.3, -0.25) is 0 Å². The second kappa shape index (κ2) is 6.55. The molecule has 2 heteroatoms. The molecule has 0 N–H and O–H groups in total. The third-order valence-corrected chi connectivity index (χ3v) is 4.76. The lowest BCUT2D eigenvalue weighted by molar-refractivity contribution is 0.590. The first-order valence-corrected chi connectivity index (χ1v) is 8.18. The lowest BCUT2D eigenvalue weighted by Crippen LogP contribution is -2.10. The Morgan fingerprint density at radius 3 is 2.10 bits per heavy atom. The highest BCUT2D eigenvalue weighted by Gasteiger charge is 2.13. The van der Waals surface area contributed by atoms with E-state index >= 15 is 0 Å². The molecular formula is C18H20S2. The summed E-state index contributed by atoms with van der Waals surface area (Å²) < 4.78 is 0.967. The summed E-state index contributed by atoms with van der Waals surface area (Å²) in [5.74, 6) is 0.931. The highest BCUT2D eigenvalue weighted by molar-refractivity contribution is 8.23. The molecule has 20 heavy (non-hydrogen) atoms. The molecule has 2 aromatic rings. The van der Waals surface area contributed by atoms with Gasteiger partial charge in [0.15, 0.2) is 0 Å². The monoisotopic (exact) mass is 300 g/mol. The van der Waals surface area contributed by atoms with Crippen LogP contribution < -0.4 is 0 Å². The van der Waals surface area contributed by atoms with E-state index in [0.717, 1.165) is 15.5 Å². The summed E-state index contributed by atoms with van der Waals surface area (Å²) in [5, 5.41) is 0. The van der Waals surface area contributed by atoms with E-state index in [0.29, 0.717) is 0 Å². The van der Waals surface area contributed by atoms with Crippen molar-refractivity contribution in [2.75, 3.05) is 0 Å². The van der Waals surface area contributed by atoms with Gasteiger partial charge in [-0.05, 0) is 22.1 Å². The molecular weight excluding hydrogens is 280 g/mol. The van der Waals surface area contributed by atoms with Crippen molar-refractivity contribution >= 4 is 28.2 Å². The number of thioether (sulfide) groups is 1. The molecule has 0 bridgehead atoms. The summed E-state index contributed by atoms with van der Waals surface area (Å²) >= 11 is 7.25. The molecule has 0 heterocycles. The molecule has 104 valence electrons. The SMILES string of the molecule is CC(C)(C)c1ccc(C(=S)SCc2ccccc2)cc1. The minimum absolute atomic E-state index is 0.192. The average molecular weight is 300 g/mol. The van der Waals surface area contributed by atoms with Crippen LogP contribution in [0.1, 0.15) is 37.5 Å². The third kappa shape index (κ3) is 4.19. The van der Waals surface area contributed by atoms with Gasteiger partial charge in [0.25, 0.3) is 0 Å². The van der Waals surface area contributed by atoms with Gasteiger partial charge in [-0.1, -0.05) is 87.6 Å². The predicted molar refractivity (Wildman–Crippen MR) is 94.6 cm³/mol. The topological polar surface area (TPSA) is 0 Å². The Labute approximate surface area is 131 Å². The molecule has 0 saturated heterocycles. The number of hydrogen-bond donors (Lipinski definition) is 0. The maximum Gasteiger partial charge on any atom is 0.0781 e. The second-order valence-corrected chi connectivity index (χ2v) is 7.54. The fourth-order valence-electron chi connectivity index (χ4n) is 1.91. The van der Waals surface area contributed by atoms with Gasteiger partial charge < -0.3 is 0 Å². The van der Waals surface area contributed by atoms with Gasteiger partial charge >= 0.3 is 0 Å². The van der Waals surface area contributed by atoms with Gasteiger partial charge in [-0.15, -0.1) is 11.8 Å². The zero-order valence-corrected chi connectivity index (χ0v) is 13.9. The van der Waals surface area contributed by atoms with Crippen LogP contribution in [0.25, 0.3) is 0 Å². The maximum absolute atomic E-state index is 5.52. The lowest BCUT2D eigenvalue weighted by atomic mass is 9.87. The average Bonchev–Trinajstić information content (AvgIpc) is 2.45. The van der Waals surface area contributed by atoms with E-state index < -0.39 is 0 Å². The van der Waals surface area contributed by atoms with Crippen LogP contribution in [0.2, 0.25) is 0 Å². The van der Waals surface area contributed by atoms with Crippen LogP contribution in [-0.4, -0.2) is 4.20 Å². The Bertz CT molecular complexity index is 563. The van der Waals surface area contributed by atoms with Crippen LogP contribution >= 0.6 is 24.0 Å². The highest BCUT2D eigenvalue weighted by Crippen LogP contribution is 2.24. The van der Waals surface area contributed by atoms with Crippen LogP contribution in [0.5, 0.6) is 0 Å². The summed E-state index contributed by atoms with van der Waals surface area (Å²) in [5.41, 5.74) is 3.99.